The van der Waals surface area contributed by atoms with Crippen LogP contribution in [0.25, 0.3) is 0 Å². The van der Waals surface area contributed by atoms with Crippen molar-refractivity contribution in [3.63, 3.8) is 0 Å². The minimum Gasteiger partial charge on any atom is -0.460 e. The smallest absolute Gasteiger partial charge is 0.402 e. The van der Waals surface area contributed by atoms with E-state index in [1.165, 1.54) is 0 Å². The highest BCUT2D eigenvalue weighted by Gasteiger charge is 2.59. The van der Waals surface area contributed by atoms with E-state index in [-0.39, 0.29) is 37.8 Å². The summed E-state index contributed by atoms with van der Waals surface area (Å²) in [6.07, 6.45) is -4.62. The molecule has 2 heterocycles. The summed E-state index contributed by atoms with van der Waals surface area (Å²) >= 11 is 0. The summed E-state index contributed by atoms with van der Waals surface area (Å²) in [6, 6.07) is 0. The largest absolute Gasteiger partial charge is 0.460 e. The Labute approximate surface area is 106 Å². The number of carbonyl (C=O) groups excluding carboxylic acids is 1. The van der Waals surface area contributed by atoms with Crippen molar-refractivity contribution in [2.45, 2.75) is 24.9 Å². The first kappa shape index (κ1) is 13.8. The molecule has 106 valence electrons. The lowest BCUT2D eigenvalue weighted by molar-refractivity contribution is -0.187. The van der Waals surface area contributed by atoms with Crippen LogP contribution in [-0.4, -0.2) is 47.0 Å². The molecule has 1 saturated heterocycles. The lowest BCUT2D eigenvalue weighted by Crippen LogP contribution is -2.45. The molecule has 1 unspecified atom stereocenters. The lowest BCUT2D eigenvalue weighted by Gasteiger charge is -2.28. The number of alkyl halides is 3. The zero-order valence-corrected chi connectivity index (χ0v) is 10.2. The molecule has 1 fully saturated rings. The van der Waals surface area contributed by atoms with Crippen molar-refractivity contribution >= 4 is 5.97 Å². The third-order valence-corrected chi connectivity index (χ3v) is 3.09. The quantitative estimate of drug-likeness (QED) is 0.798. The second-order valence-electron chi connectivity index (χ2n) is 4.23. The number of nitrogens with zero attached hydrogens (tertiary/aromatic N) is 2. The van der Waals surface area contributed by atoms with E-state index < -0.39 is 17.6 Å². The molecule has 0 saturated carbocycles. The van der Waals surface area contributed by atoms with Gasteiger partial charge in [-0.25, -0.2) is 9.78 Å². The summed E-state index contributed by atoms with van der Waals surface area (Å²) in [5, 5.41) is 8.37. The van der Waals surface area contributed by atoms with Gasteiger partial charge in [-0.05, 0) is 19.9 Å². The third-order valence-electron chi connectivity index (χ3n) is 3.09. The van der Waals surface area contributed by atoms with Crippen molar-refractivity contribution in [2.24, 2.45) is 0 Å². The highest BCUT2D eigenvalue weighted by Crippen LogP contribution is 2.43. The van der Waals surface area contributed by atoms with Gasteiger partial charge in [-0.15, -0.1) is 5.10 Å². The van der Waals surface area contributed by atoms with Crippen LogP contribution < -0.4 is 5.32 Å². The molecule has 0 amide bonds. The topological polar surface area (TPSA) is 79.9 Å². The summed E-state index contributed by atoms with van der Waals surface area (Å²) in [7, 11) is 0. The first-order valence-electron chi connectivity index (χ1n) is 5.78. The molecular formula is C10H13F3N4O2. The van der Waals surface area contributed by atoms with Crippen molar-refractivity contribution in [3.05, 3.63) is 11.6 Å². The van der Waals surface area contributed by atoms with Crippen molar-refractivity contribution in [1.29, 1.82) is 0 Å². The number of halogens is 3. The van der Waals surface area contributed by atoms with Gasteiger partial charge in [-0.1, -0.05) is 0 Å². The van der Waals surface area contributed by atoms with E-state index in [9.17, 15) is 18.0 Å². The third kappa shape index (κ3) is 2.29. The number of aromatic nitrogens is 3. The average molecular weight is 278 g/mol. The van der Waals surface area contributed by atoms with E-state index in [0.717, 1.165) is 0 Å². The van der Waals surface area contributed by atoms with Gasteiger partial charge in [0.25, 0.3) is 5.82 Å². The standard InChI is InChI=1S/C10H13F3N4O2/c1-2-19-7(18)6-15-8(17-16-6)9(10(11,12)13)3-4-14-5-9/h14H,2-5H2,1H3,(H,15,16,17). The summed E-state index contributed by atoms with van der Waals surface area (Å²) < 4.78 is 44.3. The molecule has 0 bridgehead atoms. The Kier molecular flexibility index (Phi) is 3.48. The summed E-state index contributed by atoms with van der Waals surface area (Å²) in [5.41, 5.74) is -2.12. The van der Waals surface area contributed by atoms with Gasteiger partial charge < -0.3 is 10.1 Å². The van der Waals surface area contributed by atoms with Gasteiger partial charge in [0.15, 0.2) is 0 Å². The number of hydrogen-bond donors (Lipinski definition) is 2. The molecule has 0 aromatic carbocycles. The summed E-state index contributed by atoms with van der Waals surface area (Å²) in [4.78, 5) is 15.0. The molecule has 6 nitrogen and oxygen atoms in total. The fourth-order valence-corrected chi connectivity index (χ4v) is 2.03. The van der Waals surface area contributed by atoms with E-state index >= 15 is 0 Å². The van der Waals surface area contributed by atoms with Crippen LogP contribution in [0.3, 0.4) is 0 Å². The van der Waals surface area contributed by atoms with Gasteiger partial charge in [0, 0.05) is 6.54 Å². The molecule has 9 heteroatoms. The van der Waals surface area contributed by atoms with Crippen molar-refractivity contribution in [1.82, 2.24) is 20.5 Å². The normalized spacial score (nSPS) is 23.6. The highest BCUT2D eigenvalue weighted by atomic mass is 19.4. The zero-order chi connectivity index (χ0) is 14.1. The van der Waals surface area contributed by atoms with Crippen LogP contribution in [0.1, 0.15) is 29.8 Å². The monoisotopic (exact) mass is 278 g/mol. The molecule has 1 aliphatic rings. The van der Waals surface area contributed by atoms with Gasteiger partial charge >= 0.3 is 12.1 Å². The van der Waals surface area contributed by atoms with Crippen molar-refractivity contribution in [3.8, 4) is 0 Å². The fraction of sp³-hybridized carbons (Fsp3) is 0.700. The number of carbonyl (C=O) groups is 1. The molecular weight excluding hydrogens is 265 g/mol. The van der Waals surface area contributed by atoms with E-state index in [1.807, 2.05) is 0 Å². The van der Waals surface area contributed by atoms with Crippen LogP contribution in [0.2, 0.25) is 0 Å². The summed E-state index contributed by atoms with van der Waals surface area (Å²) in [6.45, 7) is 1.64. The Balaban J connectivity index is 2.32. The summed E-state index contributed by atoms with van der Waals surface area (Å²) in [5.74, 6) is -1.58. The molecule has 2 rings (SSSR count). The Bertz CT molecular complexity index is 466. The van der Waals surface area contributed by atoms with E-state index in [4.69, 9.17) is 0 Å². The first-order chi connectivity index (χ1) is 8.90. The number of aromatic amines is 1. The Morgan fingerprint density at radius 1 is 1.53 bits per heavy atom. The molecule has 0 aliphatic carbocycles. The number of esters is 1. The maximum Gasteiger partial charge on any atom is 0.402 e. The Hall–Kier alpha value is -1.64. The van der Waals surface area contributed by atoms with Crippen LogP contribution in [0.4, 0.5) is 13.2 Å². The second kappa shape index (κ2) is 4.80. The lowest BCUT2D eigenvalue weighted by atomic mass is 9.85. The van der Waals surface area contributed by atoms with Crippen LogP contribution in [0.5, 0.6) is 0 Å². The minimum atomic E-state index is -4.47. The number of rotatable bonds is 3. The second-order valence-corrected chi connectivity index (χ2v) is 4.23. The molecule has 2 N–H and O–H groups in total. The molecule has 1 aromatic heterocycles. The highest BCUT2D eigenvalue weighted by molar-refractivity contribution is 5.84. The van der Waals surface area contributed by atoms with Crippen molar-refractivity contribution < 1.29 is 22.7 Å². The Morgan fingerprint density at radius 2 is 2.26 bits per heavy atom. The number of ether oxygens (including phenoxy) is 1. The molecule has 0 radical (unpaired) electrons. The van der Waals surface area contributed by atoms with E-state index in [0.29, 0.717) is 0 Å². The van der Waals surface area contributed by atoms with Crippen LogP contribution in [0, 0.1) is 0 Å². The number of hydrogen-bond acceptors (Lipinski definition) is 5. The molecule has 1 atom stereocenters. The fourth-order valence-electron chi connectivity index (χ4n) is 2.03. The Morgan fingerprint density at radius 3 is 2.79 bits per heavy atom. The van der Waals surface area contributed by atoms with Gasteiger partial charge in [-0.3, -0.25) is 5.10 Å². The van der Waals surface area contributed by atoms with Crippen molar-refractivity contribution in [2.75, 3.05) is 19.7 Å². The number of H-pyrrole nitrogens is 1. The molecule has 1 aromatic rings. The predicted octanol–water partition coefficient (Wildman–Crippen LogP) is 0.775. The van der Waals surface area contributed by atoms with Crippen LogP contribution in [-0.2, 0) is 10.2 Å². The van der Waals surface area contributed by atoms with Gasteiger partial charge in [0.2, 0.25) is 0 Å². The SMILES string of the molecule is CCOC(=O)c1n[nH]c(C2(C(F)(F)F)CCNC2)n1. The molecule has 0 spiro atoms. The first-order valence-corrected chi connectivity index (χ1v) is 5.78. The average Bonchev–Trinajstić information content (AvgIpc) is 2.98. The molecule has 1 aliphatic heterocycles. The minimum absolute atomic E-state index is 0.106. The number of nitrogens with one attached hydrogen (secondary N) is 2. The van der Waals surface area contributed by atoms with Crippen LogP contribution in [0.15, 0.2) is 0 Å². The van der Waals surface area contributed by atoms with Gasteiger partial charge in [0.05, 0.1) is 6.61 Å². The van der Waals surface area contributed by atoms with E-state index in [1.54, 1.807) is 6.92 Å². The maximum absolute atomic E-state index is 13.2. The molecule has 19 heavy (non-hydrogen) atoms. The van der Waals surface area contributed by atoms with E-state index in [2.05, 4.69) is 25.2 Å². The predicted molar refractivity (Wildman–Crippen MR) is 57.6 cm³/mol. The van der Waals surface area contributed by atoms with Crippen LogP contribution >= 0.6 is 0 Å². The van der Waals surface area contributed by atoms with Gasteiger partial charge in [0.1, 0.15) is 11.2 Å². The maximum atomic E-state index is 13.2. The van der Waals surface area contributed by atoms with Gasteiger partial charge in [-0.2, -0.15) is 13.2 Å². The zero-order valence-electron chi connectivity index (χ0n) is 10.2.